The van der Waals surface area contributed by atoms with Gasteiger partial charge in [0.2, 0.25) is 0 Å². The van der Waals surface area contributed by atoms with Crippen molar-refractivity contribution in [3.63, 3.8) is 0 Å². The highest BCUT2D eigenvalue weighted by atomic mass is 35.5. The number of halogens is 4. The highest BCUT2D eigenvalue weighted by Gasteiger charge is 2.31. The van der Waals surface area contributed by atoms with Gasteiger partial charge in [-0.3, -0.25) is 10.1 Å². The van der Waals surface area contributed by atoms with E-state index in [2.05, 4.69) is 4.40 Å². The summed E-state index contributed by atoms with van der Waals surface area (Å²) >= 11 is 5.78. The number of nitro groups is 1. The molecule has 2 aromatic carbocycles. The van der Waals surface area contributed by atoms with Crippen molar-refractivity contribution in [3.05, 3.63) is 62.7 Å². The molecule has 0 aromatic heterocycles. The summed E-state index contributed by atoms with van der Waals surface area (Å²) in [5.41, 5.74) is -1.77. The molecule has 0 aliphatic heterocycles. The predicted octanol–water partition coefficient (Wildman–Crippen LogP) is 4.31. The Morgan fingerprint density at radius 1 is 1.22 bits per heavy atom. The van der Waals surface area contributed by atoms with E-state index in [0.717, 1.165) is 36.6 Å². The van der Waals surface area contributed by atoms with E-state index in [4.69, 9.17) is 16.3 Å². The maximum Gasteiger partial charge on any atom is 0.416 e. The van der Waals surface area contributed by atoms with Crippen LogP contribution in [0.3, 0.4) is 0 Å². The van der Waals surface area contributed by atoms with Gasteiger partial charge in [-0.15, -0.1) is 0 Å². The van der Waals surface area contributed by atoms with E-state index in [1.54, 1.807) is 0 Å². The lowest BCUT2D eigenvalue weighted by molar-refractivity contribution is -0.385. The molecule has 0 N–H and O–H groups in total. The van der Waals surface area contributed by atoms with Crippen LogP contribution in [0.15, 0.2) is 40.8 Å². The standard InChI is InChI=1S/C15H9ClF3N2O5S/c1-27(24,25)20-8-9-6-11(3-4-13(9)21(22)23)26-14-5-2-10(7-12(14)16)15(17,18)19/h2-7H,1H3. The van der Waals surface area contributed by atoms with Crippen LogP contribution in [0, 0.1) is 10.1 Å². The van der Waals surface area contributed by atoms with Gasteiger partial charge in [0.15, 0.2) is 0 Å². The minimum atomic E-state index is -4.58. The maximum atomic E-state index is 12.6. The van der Waals surface area contributed by atoms with E-state index < -0.39 is 32.4 Å². The Morgan fingerprint density at radius 2 is 1.89 bits per heavy atom. The molecule has 2 rings (SSSR count). The second kappa shape index (κ2) is 7.53. The first-order valence-corrected chi connectivity index (χ1v) is 9.10. The number of sulfonamides is 1. The first-order chi connectivity index (χ1) is 12.4. The lowest BCUT2D eigenvalue weighted by atomic mass is 10.2. The number of hydrogen-bond donors (Lipinski definition) is 0. The molecule has 143 valence electrons. The number of nitro benzene ring substituents is 1. The largest absolute Gasteiger partial charge is 0.456 e. The van der Waals surface area contributed by atoms with E-state index >= 15 is 0 Å². The number of nitrogens with zero attached hydrogens (tertiary/aromatic N) is 2. The third kappa shape index (κ3) is 5.66. The molecule has 0 aliphatic carbocycles. The summed E-state index contributed by atoms with van der Waals surface area (Å²) in [7, 11) is -3.84. The summed E-state index contributed by atoms with van der Waals surface area (Å²) in [5, 5.41) is 10.7. The third-order valence-electron chi connectivity index (χ3n) is 2.98. The molecule has 0 saturated carbocycles. The van der Waals surface area contributed by atoms with Crippen LogP contribution in [0.25, 0.3) is 0 Å². The fourth-order valence-electron chi connectivity index (χ4n) is 1.85. The SMILES string of the molecule is CS(=O)(=O)N=[C]c1cc(Oc2ccc(C(F)(F)F)cc2Cl)ccc1[N+](=O)[O-]. The van der Waals surface area contributed by atoms with Gasteiger partial charge in [-0.05, 0) is 30.3 Å². The van der Waals surface area contributed by atoms with Crippen molar-refractivity contribution in [3.8, 4) is 11.5 Å². The van der Waals surface area contributed by atoms with Gasteiger partial charge >= 0.3 is 6.18 Å². The molecule has 0 aliphatic rings. The summed E-state index contributed by atoms with van der Waals surface area (Å²) in [6.07, 6.45) is -1.77. The zero-order valence-corrected chi connectivity index (χ0v) is 14.9. The van der Waals surface area contributed by atoms with Gasteiger partial charge in [0.25, 0.3) is 15.7 Å². The number of rotatable bonds is 5. The fourth-order valence-corrected chi connectivity index (χ4v) is 2.33. The van der Waals surface area contributed by atoms with Crippen molar-refractivity contribution in [2.24, 2.45) is 4.40 Å². The molecule has 0 saturated heterocycles. The van der Waals surface area contributed by atoms with Gasteiger partial charge < -0.3 is 4.74 Å². The second-order valence-electron chi connectivity index (χ2n) is 5.12. The lowest BCUT2D eigenvalue weighted by Crippen LogP contribution is -2.04. The summed E-state index contributed by atoms with van der Waals surface area (Å²) in [6.45, 7) is 0. The molecule has 2 aromatic rings. The van der Waals surface area contributed by atoms with Crippen molar-refractivity contribution >= 4 is 33.5 Å². The van der Waals surface area contributed by atoms with E-state index in [1.165, 1.54) is 0 Å². The molecule has 0 fully saturated rings. The van der Waals surface area contributed by atoms with Crippen LogP contribution >= 0.6 is 11.6 Å². The zero-order chi connectivity index (χ0) is 20.4. The number of hydrogen-bond acceptors (Lipinski definition) is 5. The van der Waals surface area contributed by atoms with Crippen molar-refractivity contribution < 1.29 is 31.2 Å². The molecule has 12 heteroatoms. The Labute approximate surface area is 156 Å². The van der Waals surface area contributed by atoms with Gasteiger partial charge in [0.05, 0.1) is 27.3 Å². The van der Waals surface area contributed by atoms with Gasteiger partial charge in [-0.1, -0.05) is 11.6 Å². The fraction of sp³-hybridized carbons (Fsp3) is 0.133. The van der Waals surface area contributed by atoms with E-state index in [0.29, 0.717) is 6.07 Å². The van der Waals surface area contributed by atoms with Crippen molar-refractivity contribution in [1.82, 2.24) is 0 Å². The molecule has 27 heavy (non-hydrogen) atoms. The first-order valence-electron chi connectivity index (χ1n) is 6.88. The van der Waals surface area contributed by atoms with Crippen molar-refractivity contribution in [1.29, 1.82) is 0 Å². The summed E-state index contributed by atoms with van der Waals surface area (Å²) in [6, 6.07) is 5.64. The smallest absolute Gasteiger partial charge is 0.416 e. The van der Waals surface area contributed by atoms with Crippen LogP contribution < -0.4 is 4.74 Å². The van der Waals surface area contributed by atoms with Crippen LogP contribution in [0.1, 0.15) is 11.1 Å². The summed E-state index contributed by atoms with van der Waals surface area (Å²) in [5.74, 6) is -0.182. The predicted molar refractivity (Wildman–Crippen MR) is 91.0 cm³/mol. The van der Waals surface area contributed by atoms with E-state index in [1.807, 2.05) is 6.21 Å². The molecular formula is C15H9ClF3N2O5S. The van der Waals surface area contributed by atoms with Crippen molar-refractivity contribution in [2.75, 3.05) is 6.26 Å². The van der Waals surface area contributed by atoms with Gasteiger partial charge in [0, 0.05) is 6.07 Å². The molecule has 0 heterocycles. The van der Waals surface area contributed by atoms with Crippen LogP contribution in [0.5, 0.6) is 11.5 Å². The Kier molecular flexibility index (Phi) is 5.76. The molecule has 0 unspecified atom stereocenters. The molecular weight excluding hydrogens is 413 g/mol. The normalized spacial score (nSPS) is 12.3. The topological polar surface area (TPSA) is 98.9 Å². The van der Waals surface area contributed by atoms with Crippen LogP contribution in [-0.4, -0.2) is 25.8 Å². The summed E-state index contributed by atoms with van der Waals surface area (Å²) < 4.78 is 68.5. The zero-order valence-electron chi connectivity index (χ0n) is 13.3. The first kappa shape index (κ1) is 20.6. The number of ether oxygens (including phenoxy) is 1. The second-order valence-corrected chi connectivity index (χ2v) is 7.17. The molecule has 7 nitrogen and oxygen atoms in total. The Bertz CT molecular complexity index is 1020. The molecule has 1 radical (unpaired) electrons. The van der Waals surface area contributed by atoms with Gasteiger partial charge in [0.1, 0.15) is 17.7 Å². The minimum absolute atomic E-state index is 0.0477. The van der Waals surface area contributed by atoms with Crippen LogP contribution in [-0.2, 0) is 16.2 Å². The van der Waals surface area contributed by atoms with Crippen LogP contribution in [0.4, 0.5) is 18.9 Å². The summed E-state index contributed by atoms with van der Waals surface area (Å²) in [4.78, 5) is 10.2. The van der Waals surface area contributed by atoms with Gasteiger partial charge in [-0.25, -0.2) is 8.42 Å². The minimum Gasteiger partial charge on any atom is -0.456 e. The third-order valence-corrected chi connectivity index (χ3v) is 3.70. The van der Waals surface area contributed by atoms with Crippen molar-refractivity contribution in [2.45, 2.75) is 6.18 Å². The maximum absolute atomic E-state index is 12.6. The molecule has 0 amide bonds. The van der Waals surface area contributed by atoms with Crippen LogP contribution in [0.2, 0.25) is 5.02 Å². The highest BCUT2D eigenvalue weighted by molar-refractivity contribution is 7.89. The van der Waals surface area contributed by atoms with E-state index in [-0.39, 0.29) is 22.1 Å². The molecule has 0 spiro atoms. The average molecular weight is 422 g/mol. The Morgan fingerprint density at radius 3 is 2.41 bits per heavy atom. The monoisotopic (exact) mass is 421 g/mol. The van der Waals surface area contributed by atoms with Gasteiger partial charge in [-0.2, -0.15) is 17.6 Å². The number of alkyl halides is 3. The Hall–Kier alpha value is -2.66. The highest BCUT2D eigenvalue weighted by Crippen LogP contribution is 2.37. The Balaban J connectivity index is 2.40. The number of benzene rings is 2. The van der Waals surface area contributed by atoms with E-state index in [9.17, 15) is 31.7 Å². The molecule has 0 atom stereocenters. The quantitative estimate of drug-likeness (QED) is 0.407. The average Bonchev–Trinajstić information content (AvgIpc) is 2.53. The molecule has 0 bridgehead atoms. The lowest BCUT2D eigenvalue weighted by Gasteiger charge is -2.11.